The second-order valence-electron chi connectivity index (χ2n) is 5.06. The molecule has 0 radical (unpaired) electrons. The van der Waals surface area contributed by atoms with E-state index in [-0.39, 0.29) is 29.1 Å². The van der Waals surface area contributed by atoms with E-state index in [0.717, 1.165) is 0 Å². The van der Waals surface area contributed by atoms with Crippen LogP contribution in [0.1, 0.15) is 6.92 Å². The van der Waals surface area contributed by atoms with Crippen molar-refractivity contribution in [3.63, 3.8) is 0 Å². The maximum absolute atomic E-state index is 12.3. The Balaban J connectivity index is 2.25. The van der Waals surface area contributed by atoms with Crippen molar-refractivity contribution in [3.05, 3.63) is 24.3 Å². The second kappa shape index (κ2) is 6.29. The van der Waals surface area contributed by atoms with Gasteiger partial charge in [0, 0.05) is 17.1 Å². The van der Waals surface area contributed by atoms with Crippen molar-refractivity contribution in [2.75, 3.05) is 18.5 Å². The highest BCUT2D eigenvalue weighted by Gasteiger charge is 2.39. The Morgan fingerprint density at radius 3 is 2.41 bits per heavy atom. The summed E-state index contributed by atoms with van der Waals surface area (Å²) in [6.45, 7) is 2.27. The predicted molar refractivity (Wildman–Crippen MR) is 77.8 cm³/mol. The Morgan fingerprint density at radius 2 is 1.91 bits per heavy atom. The average molecular weight is 332 g/mol. The molecule has 0 aromatic heterocycles. The molecule has 4 nitrogen and oxygen atoms in total. The fourth-order valence-corrected chi connectivity index (χ4v) is 3.05. The van der Waals surface area contributed by atoms with Gasteiger partial charge in [0.15, 0.2) is 6.29 Å². The number of carbonyl (C=O) groups is 2. The maximum atomic E-state index is 12.3. The summed E-state index contributed by atoms with van der Waals surface area (Å²) in [7, 11) is 1.82. The van der Waals surface area contributed by atoms with Gasteiger partial charge in [0.05, 0.1) is 6.17 Å². The molecule has 8 heteroatoms. The van der Waals surface area contributed by atoms with Crippen LogP contribution in [0.5, 0.6) is 0 Å². The molecule has 2 atom stereocenters. The van der Waals surface area contributed by atoms with Gasteiger partial charge in [-0.25, -0.2) is 0 Å². The molecule has 0 N–H and O–H groups in total. The molecule has 1 aromatic rings. The molecule has 1 heterocycles. The van der Waals surface area contributed by atoms with Crippen molar-refractivity contribution in [1.82, 2.24) is 4.90 Å². The number of rotatable bonds is 4. The normalized spacial score (nSPS) is 22.9. The highest BCUT2D eigenvalue weighted by atomic mass is 32.2. The molecule has 1 fully saturated rings. The van der Waals surface area contributed by atoms with E-state index in [4.69, 9.17) is 0 Å². The van der Waals surface area contributed by atoms with E-state index in [9.17, 15) is 22.8 Å². The number of hydrogen-bond acceptors (Lipinski definition) is 5. The maximum Gasteiger partial charge on any atom is 0.446 e. The third kappa shape index (κ3) is 3.61. The number of benzene rings is 1. The number of alkyl halides is 3. The van der Waals surface area contributed by atoms with Gasteiger partial charge >= 0.3 is 5.51 Å². The molecule has 2 rings (SSSR count). The largest absolute Gasteiger partial charge is 0.446 e. The molecule has 22 heavy (non-hydrogen) atoms. The lowest BCUT2D eigenvalue weighted by Gasteiger charge is -2.29. The molecule has 120 valence electrons. The molecule has 0 amide bonds. The lowest BCUT2D eigenvalue weighted by atomic mass is 10.1. The number of hydrogen-bond donors (Lipinski definition) is 0. The molecule has 2 unspecified atom stereocenters. The number of aldehydes is 1. The molecule has 1 aliphatic heterocycles. The minimum absolute atomic E-state index is 0.0784. The van der Waals surface area contributed by atoms with Gasteiger partial charge in [-0.05, 0) is 50.0 Å². The number of likely N-dealkylation sites (N-methyl/N-ethyl adjacent to an activating group) is 1. The topological polar surface area (TPSA) is 40.6 Å². The van der Waals surface area contributed by atoms with Gasteiger partial charge in [-0.3, -0.25) is 14.5 Å². The number of carbonyl (C=O) groups excluding carboxylic acids is 2. The SMILES string of the molecule is CC1N(C)CC(C(=O)C=O)N1c1ccc(SC(F)(F)F)cc1. The van der Waals surface area contributed by atoms with Crippen LogP contribution in [0.25, 0.3) is 0 Å². The summed E-state index contributed by atoms with van der Waals surface area (Å²) in [5.74, 6) is -0.537. The quantitative estimate of drug-likeness (QED) is 0.481. The first-order valence-corrected chi connectivity index (χ1v) is 7.38. The standard InChI is InChI=1S/C14H15F3N2O2S/c1-9-18(2)7-12(13(21)8-20)19(9)10-3-5-11(6-4-10)22-14(15,16)17/h3-6,8-9,12H,7H2,1-2H3. The van der Waals surface area contributed by atoms with E-state index in [1.165, 1.54) is 24.3 Å². The van der Waals surface area contributed by atoms with Gasteiger partial charge in [0.2, 0.25) is 5.78 Å². The second-order valence-corrected chi connectivity index (χ2v) is 6.19. The van der Waals surface area contributed by atoms with Gasteiger partial charge < -0.3 is 4.90 Å². The number of thioether (sulfide) groups is 1. The minimum Gasteiger partial charge on any atom is -0.344 e. The van der Waals surface area contributed by atoms with Crippen molar-refractivity contribution in [1.29, 1.82) is 0 Å². The molecular weight excluding hydrogens is 317 g/mol. The van der Waals surface area contributed by atoms with E-state index in [1.807, 2.05) is 18.9 Å². The average Bonchev–Trinajstić information content (AvgIpc) is 2.73. The highest BCUT2D eigenvalue weighted by molar-refractivity contribution is 8.00. The van der Waals surface area contributed by atoms with Crippen LogP contribution in [-0.2, 0) is 9.59 Å². The zero-order valence-electron chi connectivity index (χ0n) is 12.0. The van der Waals surface area contributed by atoms with E-state index in [2.05, 4.69) is 0 Å². The van der Waals surface area contributed by atoms with Crippen molar-refractivity contribution in [3.8, 4) is 0 Å². The molecule has 0 bridgehead atoms. The highest BCUT2D eigenvalue weighted by Crippen LogP contribution is 2.38. The van der Waals surface area contributed by atoms with E-state index in [0.29, 0.717) is 12.2 Å². The molecular formula is C14H15F3N2O2S. The summed E-state index contributed by atoms with van der Waals surface area (Å²) < 4.78 is 37.0. The van der Waals surface area contributed by atoms with Gasteiger partial charge in [0.1, 0.15) is 6.04 Å². The molecule has 1 aliphatic rings. The molecule has 0 aliphatic carbocycles. The van der Waals surface area contributed by atoms with Crippen LogP contribution >= 0.6 is 11.8 Å². The lowest BCUT2D eigenvalue weighted by molar-refractivity contribution is -0.130. The van der Waals surface area contributed by atoms with E-state index >= 15 is 0 Å². The first kappa shape index (κ1) is 16.8. The van der Waals surface area contributed by atoms with Crippen LogP contribution in [-0.4, -0.2) is 48.3 Å². The molecule has 1 saturated heterocycles. The lowest BCUT2D eigenvalue weighted by Crippen LogP contribution is -2.42. The summed E-state index contributed by atoms with van der Waals surface area (Å²) >= 11 is -0.187. The third-order valence-corrected chi connectivity index (χ3v) is 4.39. The number of Topliss-reactive ketones (excluding diaryl/α,β-unsaturated/α-hetero) is 1. The van der Waals surface area contributed by atoms with Crippen LogP contribution in [0, 0.1) is 0 Å². The van der Waals surface area contributed by atoms with Crippen molar-refractivity contribution in [2.24, 2.45) is 0 Å². The summed E-state index contributed by atoms with van der Waals surface area (Å²) in [6, 6.07) is 5.18. The number of halogens is 3. The van der Waals surface area contributed by atoms with Crippen LogP contribution in [0.4, 0.5) is 18.9 Å². The summed E-state index contributed by atoms with van der Waals surface area (Å²) in [6.07, 6.45) is 0.159. The zero-order valence-corrected chi connectivity index (χ0v) is 12.8. The van der Waals surface area contributed by atoms with Crippen molar-refractivity contribution < 1.29 is 22.8 Å². The van der Waals surface area contributed by atoms with Crippen LogP contribution in [0.2, 0.25) is 0 Å². The monoisotopic (exact) mass is 332 g/mol. The smallest absolute Gasteiger partial charge is 0.344 e. The number of ketones is 1. The Kier molecular flexibility index (Phi) is 4.81. The van der Waals surface area contributed by atoms with Gasteiger partial charge in [0.25, 0.3) is 0 Å². The third-order valence-electron chi connectivity index (χ3n) is 3.65. The molecule has 0 spiro atoms. The number of nitrogens with zero attached hydrogens (tertiary/aromatic N) is 2. The summed E-state index contributed by atoms with van der Waals surface area (Å²) in [5.41, 5.74) is -3.72. The van der Waals surface area contributed by atoms with E-state index in [1.54, 1.807) is 4.90 Å². The molecule has 0 saturated carbocycles. The Hall–Kier alpha value is -1.54. The number of anilines is 1. The van der Waals surface area contributed by atoms with Crippen LogP contribution in [0.15, 0.2) is 29.2 Å². The van der Waals surface area contributed by atoms with E-state index < -0.39 is 17.3 Å². The first-order chi connectivity index (χ1) is 10.2. The summed E-state index contributed by atoms with van der Waals surface area (Å²) in [4.78, 5) is 26.3. The van der Waals surface area contributed by atoms with Gasteiger partial charge in [-0.1, -0.05) is 0 Å². The Labute approximate surface area is 130 Å². The fourth-order valence-electron chi connectivity index (χ4n) is 2.51. The molecule has 1 aromatic carbocycles. The zero-order chi connectivity index (χ0) is 16.5. The van der Waals surface area contributed by atoms with Crippen molar-refractivity contribution >= 4 is 29.5 Å². The Morgan fingerprint density at radius 1 is 1.32 bits per heavy atom. The van der Waals surface area contributed by atoms with Crippen molar-refractivity contribution in [2.45, 2.75) is 29.5 Å². The summed E-state index contributed by atoms with van der Waals surface area (Å²) in [5, 5.41) is 0. The predicted octanol–water partition coefficient (Wildman–Crippen LogP) is 2.53. The van der Waals surface area contributed by atoms with Crippen LogP contribution in [0.3, 0.4) is 0 Å². The Bertz CT molecular complexity index is 562. The minimum atomic E-state index is -4.33. The fraction of sp³-hybridized carbons (Fsp3) is 0.429. The first-order valence-electron chi connectivity index (χ1n) is 6.56. The van der Waals surface area contributed by atoms with Gasteiger partial charge in [-0.2, -0.15) is 13.2 Å². The van der Waals surface area contributed by atoms with Crippen LogP contribution < -0.4 is 4.90 Å². The van der Waals surface area contributed by atoms with Gasteiger partial charge in [-0.15, -0.1) is 0 Å².